The first-order valence-corrected chi connectivity index (χ1v) is 12.3. The van der Waals surface area contributed by atoms with Crippen LogP contribution in [0.25, 0.3) is 11.3 Å². The summed E-state index contributed by atoms with van der Waals surface area (Å²) < 4.78 is 5.39. The summed E-state index contributed by atoms with van der Waals surface area (Å²) in [5, 5.41) is 3.37. The van der Waals surface area contributed by atoms with E-state index in [2.05, 4.69) is 37.4 Å². The maximum atomic E-state index is 12.9. The number of nitrogens with one attached hydrogen (secondary N) is 1. The first-order valence-electron chi connectivity index (χ1n) is 11.5. The number of nitrogens with zero attached hydrogens (tertiary/aromatic N) is 2. The lowest BCUT2D eigenvalue weighted by Crippen LogP contribution is -2.34. The number of thiophene rings is 1. The average Bonchev–Trinajstić information content (AvgIpc) is 3.17. The van der Waals surface area contributed by atoms with Gasteiger partial charge in [0.15, 0.2) is 0 Å². The van der Waals surface area contributed by atoms with E-state index in [9.17, 15) is 4.79 Å². The van der Waals surface area contributed by atoms with Crippen LogP contribution in [0.2, 0.25) is 0 Å². The second-order valence-corrected chi connectivity index (χ2v) is 9.52. The average molecular weight is 472 g/mol. The molecule has 0 amide bonds. The second kappa shape index (κ2) is 11.1. The predicted octanol–water partition coefficient (Wildman–Crippen LogP) is 6.00. The molecule has 0 aliphatic carbocycles. The molecule has 2 aromatic carbocycles. The number of aryl methyl sites for hydroxylation is 2. The summed E-state index contributed by atoms with van der Waals surface area (Å²) in [6.45, 7) is 6.34. The van der Waals surface area contributed by atoms with Crippen LogP contribution in [0.4, 0.5) is 5.82 Å². The maximum absolute atomic E-state index is 12.9. The quantitative estimate of drug-likeness (QED) is 0.303. The fourth-order valence-electron chi connectivity index (χ4n) is 3.76. The molecule has 0 aliphatic rings. The van der Waals surface area contributed by atoms with E-state index in [1.165, 1.54) is 10.4 Å². The molecule has 0 bridgehead atoms. The second-order valence-electron chi connectivity index (χ2n) is 8.18. The van der Waals surface area contributed by atoms with Crippen molar-refractivity contribution in [3.05, 3.63) is 99.5 Å². The number of esters is 1. The minimum atomic E-state index is -0.552. The predicted molar refractivity (Wildman–Crippen MR) is 138 cm³/mol. The zero-order valence-corrected chi connectivity index (χ0v) is 20.6. The van der Waals surface area contributed by atoms with E-state index in [1.807, 2.05) is 55.5 Å². The van der Waals surface area contributed by atoms with E-state index in [4.69, 9.17) is 14.7 Å². The van der Waals surface area contributed by atoms with E-state index >= 15 is 0 Å². The van der Waals surface area contributed by atoms with Crippen LogP contribution in [0.5, 0.6) is 0 Å². The monoisotopic (exact) mass is 471 g/mol. The van der Waals surface area contributed by atoms with Crippen molar-refractivity contribution in [2.45, 2.75) is 39.7 Å². The minimum absolute atomic E-state index is 0.286. The highest BCUT2D eigenvalue weighted by Crippen LogP contribution is 2.25. The zero-order valence-electron chi connectivity index (χ0n) is 19.7. The summed E-state index contributed by atoms with van der Waals surface area (Å²) in [7, 11) is 0. The summed E-state index contributed by atoms with van der Waals surface area (Å²) >= 11 is 1.71. The van der Waals surface area contributed by atoms with Crippen LogP contribution in [0.15, 0.2) is 72.9 Å². The molecular formula is C28H29N3O2S. The normalized spacial score (nSPS) is 11.7. The molecule has 4 rings (SSSR count). The fourth-order valence-corrected chi connectivity index (χ4v) is 4.86. The Hall–Kier alpha value is -3.51. The lowest BCUT2D eigenvalue weighted by Gasteiger charge is -2.19. The number of benzene rings is 2. The van der Waals surface area contributed by atoms with Gasteiger partial charge in [-0.15, -0.1) is 11.3 Å². The first kappa shape index (κ1) is 23.6. The smallest absolute Gasteiger partial charge is 0.328 e. The molecule has 0 aliphatic heterocycles. The molecule has 0 saturated heterocycles. The van der Waals surface area contributed by atoms with E-state index in [1.54, 1.807) is 17.5 Å². The number of ether oxygens (including phenoxy) is 1. The summed E-state index contributed by atoms with van der Waals surface area (Å²) in [5.41, 5.74) is 4.96. The van der Waals surface area contributed by atoms with Crippen molar-refractivity contribution in [3.8, 4) is 11.3 Å². The summed E-state index contributed by atoms with van der Waals surface area (Å²) in [5.74, 6) is 0.317. The van der Waals surface area contributed by atoms with Crippen LogP contribution in [0.1, 0.15) is 33.5 Å². The molecule has 1 N–H and O–H groups in total. The Labute approximate surface area is 204 Å². The Morgan fingerprint density at radius 1 is 1.06 bits per heavy atom. The molecular weight excluding hydrogens is 442 g/mol. The highest BCUT2D eigenvalue weighted by atomic mass is 32.1. The number of hydrogen-bond acceptors (Lipinski definition) is 6. The number of carbonyl (C=O) groups excluding carboxylic acids is 1. The van der Waals surface area contributed by atoms with Gasteiger partial charge in [0.2, 0.25) is 0 Å². The van der Waals surface area contributed by atoms with Crippen molar-refractivity contribution in [2.75, 3.05) is 11.9 Å². The molecule has 2 heterocycles. The highest BCUT2D eigenvalue weighted by molar-refractivity contribution is 7.12. The number of aromatic nitrogens is 2. The largest absolute Gasteiger partial charge is 0.464 e. The van der Waals surface area contributed by atoms with Gasteiger partial charge in [-0.3, -0.25) is 0 Å². The van der Waals surface area contributed by atoms with Crippen LogP contribution in [-0.4, -0.2) is 28.6 Å². The van der Waals surface area contributed by atoms with Crippen LogP contribution in [0.3, 0.4) is 0 Å². The van der Waals surface area contributed by atoms with Gasteiger partial charge in [-0.25, -0.2) is 14.8 Å². The zero-order chi connectivity index (χ0) is 23.9. The van der Waals surface area contributed by atoms with Gasteiger partial charge in [0.25, 0.3) is 0 Å². The van der Waals surface area contributed by atoms with Crippen molar-refractivity contribution in [1.82, 2.24) is 9.97 Å². The van der Waals surface area contributed by atoms with Crippen LogP contribution >= 0.6 is 11.3 Å². The number of anilines is 1. The van der Waals surface area contributed by atoms with Crippen LogP contribution in [-0.2, 0) is 22.4 Å². The van der Waals surface area contributed by atoms with E-state index in [-0.39, 0.29) is 5.97 Å². The molecule has 1 atom stereocenters. The topological polar surface area (TPSA) is 64.1 Å². The summed E-state index contributed by atoms with van der Waals surface area (Å²) in [6.07, 6.45) is 2.89. The lowest BCUT2D eigenvalue weighted by molar-refractivity contribution is -0.144. The van der Waals surface area contributed by atoms with Gasteiger partial charge < -0.3 is 10.1 Å². The molecule has 0 spiro atoms. The standard InChI is InChI=1S/C28H29N3O2S/c1-4-33-28(32)25(17-23-15-19(2)20(3)34-23)31-27-24(16-21-11-7-5-8-12-21)30-26(18-29-27)22-13-9-6-10-14-22/h5-15,18,25H,4,16-17H2,1-3H3,(H,29,31). The number of hydrogen-bond donors (Lipinski definition) is 1. The molecule has 34 heavy (non-hydrogen) atoms. The molecule has 2 aromatic heterocycles. The highest BCUT2D eigenvalue weighted by Gasteiger charge is 2.24. The number of carbonyl (C=O) groups is 1. The van der Waals surface area contributed by atoms with Crippen molar-refractivity contribution in [1.29, 1.82) is 0 Å². The molecule has 1 unspecified atom stereocenters. The maximum Gasteiger partial charge on any atom is 0.328 e. The molecule has 6 heteroatoms. The van der Waals surface area contributed by atoms with Gasteiger partial charge in [0.1, 0.15) is 11.9 Å². The lowest BCUT2D eigenvalue weighted by atomic mass is 10.1. The first-order chi connectivity index (χ1) is 16.5. The number of rotatable bonds is 9. The molecule has 0 saturated carbocycles. The Bertz CT molecular complexity index is 1220. The van der Waals surface area contributed by atoms with Gasteiger partial charge in [-0.2, -0.15) is 0 Å². The van der Waals surface area contributed by atoms with Gasteiger partial charge in [0.05, 0.1) is 24.2 Å². The third-order valence-corrected chi connectivity index (χ3v) is 6.81. The summed E-state index contributed by atoms with van der Waals surface area (Å²) in [6, 6.07) is 21.8. The summed E-state index contributed by atoms with van der Waals surface area (Å²) in [4.78, 5) is 24.9. The van der Waals surface area contributed by atoms with E-state index in [0.717, 1.165) is 27.4 Å². The van der Waals surface area contributed by atoms with Gasteiger partial charge in [-0.05, 0) is 38.0 Å². The Morgan fingerprint density at radius 2 is 1.76 bits per heavy atom. The molecule has 174 valence electrons. The van der Waals surface area contributed by atoms with E-state index in [0.29, 0.717) is 25.3 Å². The Kier molecular flexibility index (Phi) is 7.70. The van der Waals surface area contributed by atoms with Crippen LogP contribution < -0.4 is 5.32 Å². The molecule has 0 radical (unpaired) electrons. The van der Waals surface area contributed by atoms with Crippen molar-refractivity contribution in [3.63, 3.8) is 0 Å². The van der Waals surface area contributed by atoms with Crippen molar-refractivity contribution in [2.24, 2.45) is 0 Å². The third-order valence-electron chi connectivity index (χ3n) is 5.63. The van der Waals surface area contributed by atoms with Crippen LogP contribution in [0, 0.1) is 13.8 Å². The fraction of sp³-hybridized carbons (Fsp3) is 0.250. The van der Waals surface area contributed by atoms with Gasteiger partial charge in [0, 0.05) is 28.2 Å². The van der Waals surface area contributed by atoms with Gasteiger partial charge >= 0.3 is 5.97 Å². The molecule has 0 fully saturated rings. The molecule has 4 aromatic rings. The third kappa shape index (κ3) is 5.88. The van der Waals surface area contributed by atoms with Crippen molar-refractivity contribution < 1.29 is 9.53 Å². The Balaban J connectivity index is 1.68. The van der Waals surface area contributed by atoms with Crippen molar-refractivity contribution >= 4 is 23.1 Å². The minimum Gasteiger partial charge on any atom is -0.464 e. The van der Waals surface area contributed by atoms with E-state index < -0.39 is 6.04 Å². The van der Waals surface area contributed by atoms with Gasteiger partial charge in [-0.1, -0.05) is 60.7 Å². The molecule has 5 nitrogen and oxygen atoms in total. The SMILES string of the molecule is CCOC(=O)C(Cc1cc(C)c(C)s1)Nc1ncc(-c2ccccc2)nc1Cc1ccccc1. The Morgan fingerprint density at radius 3 is 2.41 bits per heavy atom.